The molecule has 27 heavy (non-hydrogen) atoms. The molecule has 0 aliphatic rings. The number of nitrogens with zero attached hydrogens (tertiary/aromatic N) is 4. The number of para-hydroxylation sites is 1. The van der Waals surface area contributed by atoms with Gasteiger partial charge in [0, 0.05) is 12.2 Å². The number of aryl methyl sites for hydroxylation is 1. The number of carbonyl (C=O) groups excluding carboxylic acids is 1. The third-order valence-corrected chi connectivity index (χ3v) is 5.43. The predicted molar refractivity (Wildman–Crippen MR) is 110 cm³/mol. The van der Waals surface area contributed by atoms with Crippen molar-refractivity contribution in [2.24, 2.45) is 0 Å². The van der Waals surface area contributed by atoms with Gasteiger partial charge < -0.3 is 9.47 Å². The Bertz CT molecular complexity index is 880. The molecule has 3 aromatic rings. The molecule has 140 valence electrons. The lowest BCUT2D eigenvalue weighted by Crippen LogP contribution is -2.36. The van der Waals surface area contributed by atoms with Crippen molar-refractivity contribution in [3.63, 3.8) is 0 Å². The molecule has 6 heteroatoms. The van der Waals surface area contributed by atoms with Crippen LogP contribution in [0.2, 0.25) is 0 Å². The van der Waals surface area contributed by atoms with E-state index in [0.717, 1.165) is 16.7 Å². The Morgan fingerprint density at radius 3 is 2.33 bits per heavy atom. The molecule has 0 bridgehead atoms. The maximum absolute atomic E-state index is 13.0. The van der Waals surface area contributed by atoms with Crippen molar-refractivity contribution >= 4 is 23.4 Å². The van der Waals surface area contributed by atoms with Gasteiger partial charge in [-0.05, 0) is 38.5 Å². The van der Waals surface area contributed by atoms with E-state index in [4.69, 9.17) is 0 Å². The molecule has 1 aromatic heterocycles. The summed E-state index contributed by atoms with van der Waals surface area (Å²) in [6.45, 7) is 7.18. The number of hydrogen-bond donors (Lipinski definition) is 0. The summed E-state index contributed by atoms with van der Waals surface area (Å²) in [5.41, 5.74) is 2.10. The van der Waals surface area contributed by atoms with E-state index in [1.54, 1.807) is 0 Å². The van der Waals surface area contributed by atoms with Gasteiger partial charge in [0.05, 0.1) is 11.8 Å². The highest BCUT2D eigenvalue weighted by Gasteiger charge is 2.24. The maximum atomic E-state index is 13.0. The fourth-order valence-electron chi connectivity index (χ4n) is 2.90. The van der Waals surface area contributed by atoms with Crippen molar-refractivity contribution in [2.45, 2.75) is 37.7 Å². The molecule has 3 rings (SSSR count). The minimum atomic E-state index is -0.261. The van der Waals surface area contributed by atoms with E-state index >= 15 is 0 Å². The highest BCUT2D eigenvalue weighted by molar-refractivity contribution is 8.00. The Hall–Kier alpha value is -2.60. The van der Waals surface area contributed by atoms with Gasteiger partial charge in [0.1, 0.15) is 5.82 Å². The standard InChI is InChI=1S/C21H24N4OS/c1-4-24(19-13-9-6-10-14-19)20(26)16(2)27-21-23-22-17(3)25(21)15-18-11-7-5-8-12-18/h5-14,16H,4,15H2,1-3H3. The topological polar surface area (TPSA) is 51.0 Å². The molecular weight excluding hydrogens is 356 g/mol. The minimum Gasteiger partial charge on any atom is -0.312 e. The normalized spacial score (nSPS) is 12.0. The molecule has 1 heterocycles. The van der Waals surface area contributed by atoms with Gasteiger partial charge in [0.15, 0.2) is 5.16 Å². The van der Waals surface area contributed by atoms with E-state index in [1.807, 2.05) is 74.2 Å². The van der Waals surface area contributed by atoms with Crippen LogP contribution in [0.15, 0.2) is 65.8 Å². The van der Waals surface area contributed by atoms with Crippen molar-refractivity contribution in [3.05, 3.63) is 72.1 Å². The molecule has 0 saturated heterocycles. The Morgan fingerprint density at radius 2 is 1.70 bits per heavy atom. The van der Waals surface area contributed by atoms with Crippen LogP contribution in [-0.4, -0.2) is 32.5 Å². The van der Waals surface area contributed by atoms with E-state index in [0.29, 0.717) is 13.1 Å². The third-order valence-electron chi connectivity index (χ3n) is 4.37. The summed E-state index contributed by atoms with van der Waals surface area (Å²) in [6.07, 6.45) is 0. The maximum Gasteiger partial charge on any atom is 0.240 e. The van der Waals surface area contributed by atoms with Crippen LogP contribution in [0.3, 0.4) is 0 Å². The lowest BCUT2D eigenvalue weighted by atomic mass is 10.2. The summed E-state index contributed by atoms with van der Waals surface area (Å²) in [5.74, 6) is 0.914. The van der Waals surface area contributed by atoms with Crippen molar-refractivity contribution in [2.75, 3.05) is 11.4 Å². The summed E-state index contributed by atoms with van der Waals surface area (Å²) in [4.78, 5) is 14.8. The molecule has 0 fully saturated rings. The number of rotatable bonds is 7. The molecule has 2 aromatic carbocycles. The molecule has 0 saturated carbocycles. The minimum absolute atomic E-state index is 0.0700. The summed E-state index contributed by atoms with van der Waals surface area (Å²) in [7, 11) is 0. The zero-order chi connectivity index (χ0) is 19.2. The lowest BCUT2D eigenvalue weighted by molar-refractivity contribution is -0.117. The van der Waals surface area contributed by atoms with Crippen LogP contribution in [0.25, 0.3) is 0 Å². The van der Waals surface area contributed by atoms with E-state index in [-0.39, 0.29) is 11.2 Å². The van der Waals surface area contributed by atoms with Crippen molar-refractivity contribution in [3.8, 4) is 0 Å². The highest BCUT2D eigenvalue weighted by Crippen LogP contribution is 2.26. The average Bonchev–Trinajstić information content (AvgIpc) is 3.03. The third kappa shape index (κ3) is 4.57. The lowest BCUT2D eigenvalue weighted by Gasteiger charge is -2.24. The second-order valence-electron chi connectivity index (χ2n) is 6.28. The molecule has 1 unspecified atom stereocenters. The Labute approximate surface area is 164 Å². The Morgan fingerprint density at radius 1 is 1.07 bits per heavy atom. The molecule has 0 N–H and O–H groups in total. The van der Waals surface area contributed by atoms with Gasteiger partial charge in [-0.15, -0.1) is 10.2 Å². The fourth-order valence-corrected chi connectivity index (χ4v) is 3.85. The van der Waals surface area contributed by atoms with Crippen LogP contribution in [0.1, 0.15) is 25.2 Å². The summed E-state index contributed by atoms with van der Waals surface area (Å²) >= 11 is 1.45. The first-order valence-electron chi connectivity index (χ1n) is 9.07. The number of benzene rings is 2. The first kappa shape index (κ1) is 19.2. The monoisotopic (exact) mass is 380 g/mol. The second kappa shape index (κ2) is 8.86. The number of thioether (sulfide) groups is 1. The highest BCUT2D eigenvalue weighted by atomic mass is 32.2. The van der Waals surface area contributed by atoms with E-state index in [2.05, 4.69) is 26.9 Å². The molecule has 1 atom stereocenters. The quantitative estimate of drug-likeness (QED) is 0.577. The zero-order valence-electron chi connectivity index (χ0n) is 15.9. The second-order valence-corrected chi connectivity index (χ2v) is 7.59. The first-order chi connectivity index (χ1) is 13.1. The molecule has 5 nitrogen and oxygen atoms in total. The zero-order valence-corrected chi connectivity index (χ0v) is 16.7. The van der Waals surface area contributed by atoms with Crippen LogP contribution in [0.4, 0.5) is 5.69 Å². The predicted octanol–water partition coefficient (Wildman–Crippen LogP) is 4.17. The number of aromatic nitrogens is 3. The van der Waals surface area contributed by atoms with Crippen LogP contribution >= 0.6 is 11.8 Å². The van der Waals surface area contributed by atoms with E-state index in [9.17, 15) is 4.79 Å². The number of carbonyl (C=O) groups is 1. The van der Waals surface area contributed by atoms with Crippen LogP contribution in [-0.2, 0) is 11.3 Å². The average molecular weight is 381 g/mol. The van der Waals surface area contributed by atoms with E-state index in [1.165, 1.54) is 17.3 Å². The number of hydrogen-bond acceptors (Lipinski definition) is 4. The van der Waals surface area contributed by atoms with Crippen molar-refractivity contribution in [1.29, 1.82) is 0 Å². The Balaban J connectivity index is 1.76. The first-order valence-corrected chi connectivity index (χ1v) is 9.95. The summed E-state index contributed by atoms with van der Waals surface area (Å²) in [5, 5.41) is 9.02. The summed E-state index contributed by atoms with van der Waals surface area (Å²) in [6, 6.07) is 20.0. The van der Waals surface area contributed by atoms with Crippen LogP contribution < -0.4 is 4.90 Å². The van der Waals surface area contributed by atoms with Crippen molar-refractivity contribution in [1.82, 2.24) is 14.8 Å². The van der Waals surface area contributed by atoms with Gasteiger partial charge in [-0.1, -0.05) is 60.3 Å². The number of amides is 1. The molecular formula is C21H24N4OS. The molecule has 0 aliphatic carbocycles. The van der Waals surface area contributed by atoms with Gasteiger partial charge in [-0.3, -0.25) is 4.79 Å². The summed E-state index contributed by atoms with van der Waals surface area (Å²) < 4.78 is 2.06. The van der Waals surface area contributed by atoms with Crippen molar-refractivity contribution < 1.29 is 4.79 Å². The van der Waals surface area contributed by atoms with Crippen LogP contribution in [0.5, 0.6) is 0 Å². The van der Waals surface area contributed by atoms with Gasteiger partial charge in [-0.2, -0.15) is 0 Å². The largest absolute Gasteiger partial charge is 0.312 e. The molecule has 0 spiro atoms. The number of anilines is 1. The smallest absolute Gasteiger partial charge is 0.240 e. The molecule has 0 radical (unpaired) electrons. The van der Waals surface area contributed by atoms with Gasteiger partial charge in [0.2, 0.25) is 5.91 Å². The van der Waals surface area contributed by atoms with Gasteiger partial charge in [0.25, 0.3) is 0 Å². The molecule has 0 aliphatic heterocycles. The van der Waals surface area contributed by atoms with E-state index < -0.39 is 0 Å². The Kier molecular flexibility index (Phi) is 6.29. The van der Waals surface area contributed by atoms with Crippen LogP contribution in [0, 0.1) is 6.92 Å². The molecule has 1 amide bonds. The fraction of sp³-hybridized carbons (Fsp3) is 0.286. The SMILES string of the molecule is CCN(C(=O)C(C)Sc1nnc(C)n1Cc1ccccc1)c1ccccc1. The van der Waals surface area contributed by atoms with Gasteiger partial charge >= 0.3 is 0 Å². The van der Waals surface area contributed by atoms with Gasteiger partial charge in [-0.25, -0.2) is 0 Å².